The summed E-state index contributed by atoms with van der Waals surface area (Å²) in [5.41, 5.74) is 0.520. The number of carboxylic acids is 1. The summed E-state index contributed by atoms with van der Waals surface area (Å²) in [6.07, 6.45) is 4.80. The SMILES string of the molecule is COc1cc(C(=O)N[C@H]2CC[C@H](C(=O)O)CC2)ccc1OCC1CCNCC1. The van der Waals surface area contributed by atoms with Crippen molar-refractivity contribution in [2.24, 2.45) is 11.8 Å². The molecular weight excluding hydrogens is 360 g/mol. The second-order valence-electron chi connectivity index (χ2n) is 7.73. The van der Waals surface area contributed by atoms with Gasteiger partial charge in [-0.15, -0.1) is 0 Å². The summed E-state index contributed by atoms with van der Waals surface area (Å²) in [5.74, 6) is 0.548. The maximum Gasteiger partial charge on any atom is 0.306 e. The molecule has 0 aromatic heterocycles. The fourth-order valence-corrected chi connectivity index (χ4v) is 3.94. The van der Waals surface area contributed by atoms with Gasteiger partial charge in [0.1, 0.15) is 0 Å². The van der Waals surface area contributed by atoms with Crippen LogP contribution in [0.1, 0.15) is 48.9 Å². The first kappa shape index (κ1) is 20.5. The van der Waals surface area contributed by atoms with E-state index in [-0.39, 0.29) is 17.9 Å². The molecule has 0 spiro atoms. The molecule has 0 bridgehead atoms. The van der Waals surface area contributed by atoms with Crippen LogP contribution in [0, 0.1) is 11.8 Å². The van der Waals surface area contributed by atoms with E-state index in [9.17, 15) is 9.59 Å². The Kier molecular flexibility index (Phi) is 7.14. The first-order valence-corrected chi connectivity index (χ1v) is 10.1. The minimum absolute atomic E-state index is 0.0185. The third kappa shape index (κ3) is 5.38. The lowest BCUT2D eigenvalue weighted by molar-refractivity contribution is -0.142. The monoisotopic (exact) mass is 390 g/mol. The topological polar surface area (TPSA) is 96.9 Å². The first-order chi connectivity index (χ1) is 13.6. The minimum Gasteiger partial charge on any atom is -0.493 e. The number of ether oxygens (including phenoxy) is 2. The van der Waals surface area contributed by atoms with Crippen LogP contribution in [0.15, 0.2) is 18.2 Å². The molecule has 1 aromatic carbocycles. The number of methoxy groups -OCH3 is 1. The summed E-state index contributed by atoms with van der Waals surface area (Å²) in [4.78, 5) is 23.6. The molecular formula is C21H30N2O5. The van der Waals surface area contributed by atoms with Gasteiger partial charge in [0.05, 0.1) is 19.6 Å². The molecule has 7 heteroatoms. The summed E-state index contributed by atoms with van der Waals surface area (Å²) >= 11 is 0. The van der Waals surface area contributed by atoms with E-state index in [4.69, 9.17) is 14.6 Å². The van der Waals surface area contributed by atoms with Crippen molar-refractivity contribution in [2.45, 2.75) is 44.6 Å². The van der Waals surface area contributed by atoms with Crippen molar-refractivity contribution >= 4 is 11.9 Å². The lowest BCUT2D eigenvalue weighted by Gasteiger charge is -2.27. The Morgan fingerprint density at radius 1 is 1.11 bits per heavy atom. The van der Waals surface area contributed by atoms with Crippen LogP contribution in [0.4, 0.5) is 0 Å². The summed E-state index contributed by atoms with van der Waals surface area (Å²) in [5, 5.41) is 15.4. The van der Waals surface area contributed by atoms with Gasteiger partial charge in [-0.2, -0.15) is 0 Å². The van der Waals surface area contributed by atoms with Gasteiger partial charge in [-0.3, -0.25) is 9.59 Å². The molecule has 3 N–H and O–H groups in total. The average Bonchev–Trinajstić information content (AvgIpc) is 2.73. The maximum atomic E-state index is 12.6. The maximum absolute atomic E-state index is 12.6. The molecule has 1 aliphatic carbocycles. The predicted octanol–water partition coefficient (Wildman–Crippen LogP) is 2.45. The van der Waals surface area contributed by atoms with Gasteiger partial charge in [-0.05, 0) is 75.7 Å². The van der Waals surface area contributed by atoms with Gasteiger partial charge in [0.2, 0.25) is 0 Å². The molecule has 0 radical (unpaired) electrons. The van der Waals surface area contributed by atoms with Crippen molar-refractivity contribution < 1.29 is 24.2 Å². The molecule has 28 heavy (non-hydrogen) atoms. The number of benzene rings is 1. The summed E-state index contributed by atoms with van der Waals surface area (Å²) in [7, 11) is 1.57. The molecule has 0 atom stereocenters. The first-order valence-electron chi connectivity index (χ1n) is 10.1. The third-order valence-electron chi connectivity index (χ3n) is 5.77. The molecule has 1 amide bonds. The van der Waals surface area contributed by atoms with Crippen LogP contribution in [-0.2, 0) is 4.79 Å². The molecule has 1 aliphatic heterocycles. The van der Waals surface area contributed by atoms with Crippen LogP contribution in [0.3, 0.4) is 0 Å². The third-order valence-corrected chi connectivity index (χ3v) is 5.77. The quantitative estimate of drug-likeness (QED) is 0.662. The molecule has 1 saturated carbocycles. The molecule has 1 heterocycles. The highest BCUT2D eigenvalue weighted by Gasteiger charge is 2.27. The molecule has 1 saturated heterocycles. The van der Waals surface area contributed by atoms with Gasteiger partial charge in [0.25, 0.3) is 5.91 Å². The zero-order valence-electron chi connectivity index (χ0n) is 16.4. The highest BCUT2D eigenvalue weighted by atomic mass is 16.5. The van der Waals surface area contributed by atoms with Gasteiger partial charge >= 0.3 is 5.97 Å². The van der Waals surface area contributed by atoms with E-state index in [1.54, 1.807) is 25.3 Å². The predicted molar refractivity (Wildman–Crippen MR) is 105 cm³/mol. The second-order valence-corrected chi connectivity index (χ2v) is 7.73. The normalized spacial score (nSPS) is 23.0. The fraction of sp³-hybridized carbons (Fsp3) is 0.619. The molecule has 0 unspecified atom stereocenters. The van der Waals surface area contributed by atoms with Gasteiger partial charge in [0, 0.05) is 11.6 Å². The van der Waals surface area contributed by atoms with Crippen molar-refractivity contribution in [1.29, 1.82) is 0 Å². The van der Waals surface area contributed by atoms with Crippen LogP contribution in [0.25, 0.3) is 0 Å². The Bertz CT molecular complexity index is 679. The van der Waals surface area contributed by atoms with E-state index < -0.39 is 5.97 Å². The zero-order chi connectivity index (χ0) is 19.9. The number of nitrogens with one attached hydrogen (secondary N) is 2. The van der Waals surface area contributed by atoms with Crippen molar-refractivity contribution in [3.8, 4) is 11.5 Å². The van der Waals surface area contributed by atoms with E-state index in [1.165, 1.54) is 0 Å². The van der Waals surface area contributed by atoms with Gasteiger partial charge in [-0.25, -0.2) is 0 Å². The van der Waals surface area contributed by atoms with E-state index in [0.717, 1.165) is 25.9 Å². The van der Waals surface area contributed by atoms with Crippen LogP contribution >= 0.6 is 0 Å². The Morgan fingerprint density at radius 3 is 2.46 bits per heavy atom. The highest BCUT2D eigenvalue weighted by molar-refractivity contribution is 5.95. The zero-order valence-corrected chi connectivity index (χ0v) is 16.4. The van der Waals surface area contributed by atoms with Crippen LogP contribution in [0.2, 0.25) is 0 Å². The molecule has 2 fully saturated rings. The number of hydrogen-bond acceptors (Lipinski definition) is 5. The van der Waals surface area contributed by atoms with Crippen molar-refractivity contribution in [3.05, 3.63) is 23.8 Å². The molecule has 3 rings (SSSR count). The van der Waals surface area contributed by atoms with Gasteiger partial charge in [0.15, 0.2) is 11.5 Å². The van der Waals surface area contributed by atoms with Gasteiger partial charge in [-0.1, -0.05) is 0 Å². The van der Waals surface area contributed by atoms with Crippen molar-refractivity contribution in [2.75, 3.05) is 26.8 Å². The number of hydrogen-bond donors (Lipinski definition) is 3. The number of carboxylic acid groups (broad SMARTS) is 1. The van der Waals surface area contributed by atoms with Gasteiger partial charge < -0.3 is 25.2 Å². The Labute approximate surface area is 165 Å². The standard InChI is InChI=1S/C21H30N2O5/c1-27-19-12-16(4-7-18(19)28-13-14-8-10-22-11-9-14)20(24)23-17-5-2-15(3-6-17)21(25)26/h4,7,12,14-15,17,22H,2-3,5-6,8-11,13H2,1H3,(H,23,24)(H,25,26)/t15-,17-. The lowest BCUT2D eigenvalue weighted by Crippen LogP contribution is -2.38. The number of carbonyl (C=O) groups is 2. The molecule has 2 aliphatic rings. The Balaban J connectivity index is 1.55. The van der Waals surface area contributed by atoms with Crippen LogP contribution in [-0.4, -0.2) is 49.8 Å². The highest BCUT2D eigenvalue weighted by Crippen LogP contribution is 2.30. The molecule has 1 aromatic rings. The van der Waals surface area contributed by atoms with E-state index in [1.807, 2.05) is 0 Å². The van der Waals surface area contributed by atoms with Crippen LogP contribution in [0.5, 0.6) is 11.5 Å². The summed E-state index contributed by atoms with van der Waals surface area (Å²) in [6.45, 7) is 2.70. The van der Waals surface area contributed by atoms with Crippen LogP contribution < -0.4 is 20.1 Å². The van der Waals surface area contributed by atoms with Crippen molar-refractivity contribution in [1.82, 2.24) is 10.6 Å². The summed E-state index contributed by atoms with van der Waals surface area (Å²) < 4.78 is 11.4. The largest absolute Gasteiger partial charge is 0.493 e. The smallest absolute Gasteiger partial charge is 0.306 e. The number of aliphatic carboxylic acids is 1. The van der Waals surface area contributed by atoms with E-state index >= 15 is 0 Å². The number of amides is 1. The lowest BCUT2D eigenvalue weighted by atomic mass is 9.86. The van der Waals surface area contributed by atoms with Crippen molar-refractivity contribution in [3.63, 3.8) is 0 Å². The average molecular weight is 390 g/mol. The molecule has 7 nitrogen and oxygen atoms in total. The number of piperidine rings is 1. The molecule has 154 valence electrons. The summed E-state index contributed by atoms with van der Waals surface area (Å²) in [6, 6.07) is 5.26. The number of carbonyl (C=O) groups excluding carboxylic acids is 1. The minimum atomic E-state index is -0.741. The van der Waals surface area contributed by atoms with E-state index in [0.29, 0.717) is 55.3 Å². The number of rotatable bonds is 7. The second kappa shape index (κ2) is 9.78. The van der Waals surface area contributed by atoms with E-state index in [2.05, 4.69) is 10.6 Å². The Hall–Kier alpha value is -2.28. The Morgan fingerprint density at radius 2 is 1.82 bits per heavy atom. The fourth-order valence-electron chi connectivity index (χ4n) is 3.94.